The molecule has 1 aromatic heterocycles. The van der Waals surface area contributed by atoms with Crippen LogP contribution in [0.3, 0.4) is 0 Å². The number of furan rings is 1. The van der Waals surface area contributed by atoms with Crippen LogP contribution < -0.4 is 0 Å². The highest BCUT2D eigenvalue weighted by Crippen LogP contribution is 2.26. The predicted octanol–water partition coefficient (Wildman–Crippen LogP) is 1.10. The van der Waals surface area contributed by atoms with Gasteiger partial charge in [-0.25, -0.2) is 0 Å². The molecule has 0 aliphatic carbocycles. The Kier molecular flexibility index (Phi) is 3.90. The van der Waals surface area contributed by atoms with Crippen molar-refractivity contribution in [3.05, 3.63) is 23.7 Å². The molecule has 0 bridgehead atoms. The largest absolute Gasteiger partial charge is 0.481 e. The highest BCUT2D eigenvalue weighted by molar-refractivity contribution is 5.94. The van der Waals surface area contributed by atoms with Crippen LogP contribution >= 0.6 is 0 Å². The van der Waals surface area contributed by atoms with Gasteiger partial charge in [0.1, 0.15) is 18.6 Å². The third-order valence-electron chi connectivity index (χ3n) is 3.58. The number of hydrogen-bond donors (Lipinski definition) is 2. The Morgan fingerprint density at radius 2 is 2.32 bits per heavy atom. The van der Waals surface area contributed by atoms with E-state index in [1.54, 1.807) is 11.8 Å². The SMILES string of the molecule is CC(C(=O)O)C1CCCN1C(=O)c1coc(CO)c1. The van der Waals surface area contributed by atoms with Gasteiger partial charge in [-0.05, 0) is 25.8 Å². The summed E-state index contributed by atoms with van der Waals surface area (Å²) in [5.74, 6) is -1.40. The fraction of sp³-hybridized carbons (Fsp3) is 0.538. The van der Waals surface area contributed by atoms with Crippen LogP contribution in [0.1, 0.15) is 35.9 Å². The second-order valence-corrected chi connectivity index (χ2v) is 4.79. The lowest BCUT2D eigenvalue weighted by Crippen LogP contribution is -2.41. The van der Waals surface area contributed by atoms with E-state index in [9.17, 15) is 9.59 Å². The minimum Gasteiger partial charge on any atom is -0.481 e. The van der Waals surface area contributed by atoms with Crippen LogP contribution in [0.15, 0.2) is 16.7 Å². The number of hydrogen-bond acceptors (Lipinski definition) is 4. The summed E-state index contributed by atoms with van der Waals surface area (Å²) in [5.41, 5.74) is 0.355. The fourth-order valence-corrected chi connectivity index (χ4v) is 2.47. The Bertz CT molecular complexity index is 481. The molecule has 2 N–H and O–H groups in total. The monoisotopic (exact) mass is 267 g/mol. The number of carboxylic acids is 1. The number of aliphatic hydroxyl groups excluding tert-OH is 1. The van der Waals surface area contributed by atoms with E-state index in [0.717, 1.165) is 6.42 Å². The van der Waals surface area contributed by atoms with E-state index in [1.807, 2.05) is 0 Å². The molecule has 0 aromatic carbocycles. The van der Waals surface area contributed by atoms with Crippen LogP contribution in [0.25, 0.3) is 0 Å². The van der Waals surface area contributed by atoms with Crippen LogP contribution in [0, 0.1) is 5.92 Å². The lowest BCUT2D eigenvalue weighted by Gasteiger charge is -2.27. The van der Waals surface area contributed by atoms with E-state index in [4.69, 9.17) is 14.6 Å². The molecular formula is C13H17NO5. The summed E-state index contributed by atoms with van der Waals surface area (Å²) in [5, 5.41) is 18.0. The van der Waals surface area contributed by atoms with Crippen molar-refractivity contribution in [2.75, 3.05) is 6.54 Å². The molecule has 1 aliphatic heterocycles. The highest BCUT2D eigenvalue weighted by atomic mass is 16.4. The number of rotatable bonds is 4. The molecule has 1 aromatic rings. The van der Waals surface area contributed by atoms with Crippen molar-refractivity contribution in [1.82, 2.24) is 4.90 Å². The summed E-state index contributed by atoms with van der Waals surface area (Å²) >= 11 is 0. The third-order valence-corrected chi connectivity index (χ3v) is 3.58. The average Bonchev–Trinajstić information content (AvgIpc) is 3.05. The number of carbonyl (C=O) groups is 2. The molecule has 0 saturated carbocycles. The summed E-state index contributed by atoms with van der Waals surface area (Å²) in [7, 11) is 0. The van der Waals surface area contributed by atoms with Crippen LogP contribution in [-0.4, -0.2) is 39.6 Å². The van der Waals surface area contributed by atoms with Crippen LogP contribution in [-0.2, 0) is 11.4 Å². The summed E-state index contributed by atoms with van der Waals surface area (Å²) in [4.78, 5) is 24.9. The molecule has 2 atom stereocenters. The quantitative estimate of drug-likeness (QED) is 0.852. The predicted molar refractivity (Wildman–Crippen MR) is 65.5 cm³/mol. The summed E-state index contributed by atoms with van der Waals surface area (Å²) < 4.78 is 5.02. The van der Waals surface area contributed by atoms with Gasteiger partial charge in [0.25, 0.3) is 5.91 Å². The standard InChI is InChI=1S/C13H17NO5/c1-8(13(17)18)11-3-2-4-14(11)12(16)9-5-10(6-15)19-7-9/h5,7-8,11,15H,2-4,6H2,1H3,(H,17,18). The molecule has 0 radical (unpaired) electrons. The number of likely N-dealkylation sites (tertiary alicyclic amines) is 1. The molecule has 1 fully saturated rings. The number of aliphatic hydroxyl groups is 1. The van der Waals surface area contributed by atoms with Gasteiger partial charge in [-0.1, -0.05) is 0 Å². The second kappa shape index (κ2) is 5.44. The first-order chi connectivity index (χ1) is 9.04. The van der Waals surface area contributed by atoms with E-state index in [2.05, 4.69) is 0 Å². The van der Waals surface area contributed by atoms with E-state index in [-0.39, 0.29) is 18.6 Å². The van der Waals surface area contributed by atoms with Crippen molar-refractivity contribution in [2.24, 2.45) is 5.92 Å². The van der Waals surface area contributed by atoms with E-state index >= 15 is 0 Å². The summed E-state index contributed by atoms with van der Waals surface area (Å²) in [6.07, 6.45) is 2.80. The number of carbonyl (C=O) groups excluding carboxylic acids is 1. The zero-order valence-corrected chi connectivity index (χ0v) is 10.7. The smallest absolute Gasteiger partial charge is 0.308 e. The summed E-state index contributed by atoms with van der Waals surface area (Å²) in [6.45, 7) is 1.91. The molecule has 6 nitrogen and oxygen atoms in total. The van der Waals surface area contributed by atoms with Gasteiger partial charge >= 0.3 is 5.97 Å². The highest BCUT2D eigenvalue weighted by Gasteiger charge is 2.36. The number of amides is 1. The Morgan fingerprint density at radius 3 is 2.89 bits per heavy atom. The van der Waals surface area contributed by atoms with Crippen molar-refractivity contribution < 1.29 is 24.2 Å². The number of aliphatic carboxylic acids is 1. The number of nitrogens with zero attached hydrogens (tertiary/aromatic N) is 1. The molecule has 104 valence electrons. The molecule has 1 aliphatic rings. The van der Waals surface area contributed by atoms with Crippen LogP contribution in [0.5, 0.6) is 0 Å². The zero-order valence-electron chi connectivity index (χ0n) is 10.7. The molecule has 1 saturated heterocycles. The van der Waals surface area contributed by atoms with Gasteiger partial charge in [0, 0.05) is 12.6 Å². The van der Waals surface area contributed by atoms with Gasteiger partial charge in [0.15, 0.2) is 0 Å². The maximum Gasteiger partial charge on any atom is 0.308 e. The molecule has 19 heavy (non-hydrogen) atoms. The van der Waals surface area contributed by atoms with Crippen molar-refractivity contribution in [1.29, 1.82) is 0 Å². The molecular weight excluding hydrogens is 250 g/mol. The minimum atomic E-state index is -0.895. The second-order valence-electron chi connectivity index (χ2n) is 4.79. The molecule has 6 heteroatoms. The van der Waals surface area contributed by atoms with Crippen LogP contribution in [0.2, 0.25) is 0 Å². The fourth-order valence-electron chi connectivity index (χ4n) is 2.47. The Balaban J connectivity index is 2.15. The Labute approximate surface area is 110 Å². The van der Waals surface area contributed by atoms with E-state index < -0.39 is 11.9 Å². The average molecular weight is 267 g/mol. The topological polar surface area (TPSA) is 91.0 Å². The first-order valence-electron chi connectivity index (χ1n) is 6.26. The van der Waals surface area contributed by atoms with Gasteiger partial charge in [-0.3, -0.25) is 9.59 Å². The molecule has 0 spiro atoms. The first kappa shape index (κ1) is 13.6. The maximum atomic E-state index is 12.3. The van der Waals surface area contributed by atoms with Crippen molar-refractivity contribution in [3.8, 4) is 0 Å². The number of carboxylic acid groups (broad SMARTS) is 1. The zero-order chi connectivity index (χ0) is 14.0. The molecule has 2 heterocycles. The Morgan fingerprint density at radius 1 is 1.58 bits per heavy atom. The summed E-state index contributed by atoms with van der Waals surface area (Å²) in [6, 6.07) is 1.21. The Hall–Kier alpha value is -1.82. The molecule has 2 rings (SSSR count). The normalized spacial score (nSPS) is 20.5. The molecule has 2 unspecified atom stereocenters. The van der Waals surface area contributed by atoms with Gasteiger partial charge in [0.2, 0.25) is 0 Å². The van der Waals surface area contributed by atoms with Crippen LogP contribution in [0.4, 0.5) is 0 Å². The van der Waals surface area contributed by atoms with Gasteiger partial charge in [-0.15, -0.1) is 0 Å². The van der Waals surface area contributed by atoms with E-state index in [0.29, 0.717) is 24.3 Å². The van der Waals surface area contributed by atoms with Gasteiger partial charge in [0.05, 0.1) is 11.5 Å². The lowest BCUT2D eigenvalue weighted by molar-refractivity contribution is -0.142. The van der Waals surface area contributed by atoms with Crippen molar-refractivity contribution in [2.45, 2.75) is 32.4 Å². The van der Waals surface area contributed by atoms with Gasteiger partial charge < -0.3 is 19.5 Å². The third kappa shape index (κ3) is 2.63. The molecule has 1 amide bonds. The van der Waals surface area contributed by atoms with Gasteiger partial charge in [-0.2, -0.15) is 0 Å². The van der Waals surface area contributed by atoms with Crippen molar-refractivity contribution >= 4 is 11.9 Å². The minimum absolute atomic E-state index is 0.237. The van der Waals surface area contributed by atoms with E-state index in [1.165, 1.54) is 12.3 Å². The first-order valence-corrected chi connectivity index (χ1v) is 6.26. The van der Waals surface area contributed by atoms with Crippen molar-refractivity contribution in [3.63, 3.8) is 0 Å². The lowest BCUT2D eigenvalue weighted by atomic mass is 9.99. The maximum absolute atomic E-state index is 12.3.